The maximum Gasteiger partial charge on any atom is 0.263 e. The number of carbonyl (C=O) groups excluding carboxylic acids is 1. The fraction of sp³-hybridized carbons (Fsp3) is 0.238. The molecule has 1 heterocycles. The Morgan fingerprint density at radius 2 is 1.85 bits per heavy atom. The minimum Gasteiger partial charge on any atom is -0.497 e. The Morgan fingerprint density at radius 1 is 1.15 bits per heavy atom. The van der Waals surface area contributed by atoms with Gasteiger partial charge in [-0.15, -0.1) is 11.3 Å². The van der Waals surface area contributed by atoms with Crippen LogP contribution < -0.4 is 15.0 Å². The summed E-state index contributed by atoms with van der Waals surface area (Å²) in [5.74, 6) is 0.721. The lowest BCUT2D eigenvalue weighted by Crippen LogP contribution is -2.32. The van der Waals surface area contributed by atoms with Crippen LogP contribution in [0.25, 0.3) is 10.6 Å². The van der Waals surface area contributed by atoms with Crippen LogP contribution in [-0.4, -0.2) is 38.1 Å². The zero-order chi connectivity index (χ0) is 19.2. The number of thiazole rings is 1. The molecule has 1 amide bonds. The van der Waals surface area contributed by atoms with E-state index in [1.165, 1.54) is 11.3 Å². The lowest BCUT2D eigenvalue weighted by molar-refractivity contribution is 0.0958. The third-order valence-electron chi connectivity index (χ3n) is 4.27. The van der Waals surface area contributed by atoms with E-state index < -0.39 is 0 Å². The van der Waals surface area contributed by atoms with Crippen LogP contribution in [0.4, 0.5) is 5.69 Å². The van der Waals surface area contributed by atoms with Gasteiger partial charge in [0.2, 0.25) is 0 Å². The van der Waals surface area contributed by atoms with E-state index in [2.05, 4.69) is 27.3 Å². The average Bonchev–Trinajstić information content (AvgIpc) is 3.10. The van der Waals surface area contributed by atoms with Crippen molar-refractivity contribution in [3.8, 4) is 16.3 Å². The second-order valence-corrected chi connectivity index (χ2v) is 7.17. The van der Waals surface area contributed by atoms with Crippen molar-refractivity contribution >= 4 is 22.9 Å². The highest BCUT2D eigenvalue weighted by Crippen LogP contribution is 2.29. The van der Waals surface area contributed by atoms with Gasteiger partial charge in [-0.2, -0.15) is 0 Å². The van der Waals surface area contributed by atoms with E-state index in [0.29, 0.717) is 11.4 Å². The van der Waals surface area contributed by atoms with E-state index in [-0.39, 0.29) is 5.91 Å². The number of likely N-dealkylation sites (N-methyl/N-ethyl adjacent to an activating group) is 1. The smallest absolute Gasteiger partial charge is 0.263 e. The van der Waals surface area contributed by atoms with Crippen molar-refractivity contribution in [2.75, 3.05) is 32.1 Å². The molecule has 0 bridgehead atoms. The summed E-state index contributed by atoms with van der Waals surface area (Å²) in [5.41, 5.74) is 2.86. The van der Waals surface area contributed by atoms with E-state index in [1.54, 1.807) is 7.11 Å². The third-order valence-corrected chi connectivity index (χ3v) is 5.47. The number of hydrogen-bond acceptors (Lipinski definition) is 5. The number of amides is 1. The minimum atomic E-state index is -0.0776. The van der Waals surface area contributed by atoms with Crippen molar-refractivity contribution in [1.29, 1.82) is 0 Å². The summed E-state index contributed by atoms with van der Waals surface area (Å²) in [6.07, 6.45) is 0. The SMILES string of the molecule is COc1ccc(-c2nc(C)c(C(=O)NCCN(C)c3ccccc3)s2)cc1. The van der Waals surface area contributed by atoms with Gasteiger partial charge in [-0.1, -0.05) is 18.2 Å². The number of nitrogens with zero attached hydrogens (tertiary/aromatic N) is 2. The molecule has 0 aliphatic heterocycles. The van der Waals surface area contributed by atoms with Crippen LogP contribution in [0.3, 0.4) is 0 Å². The van der Waals surface area contributed by atoms with Crippen molar-refractivity contribution < 1.29 is 9.53 Å². The largest absolute Gasteiger partial charge is 0.497 e. The first kappa shape index (κ1) is 18.9. The topological polar surface area (TPSA) is 54.5 Å². The summed E-state index contributed by atoms with van der Waals surface area (Å²) in [5, 5.41) is 3.83. The van der Waals surface area contributed by atoms with E-state index in [9.17, 15) is 4.79 Å². The number of anilines is 1. The van der Waals surface area contributed by atoms with Crippen molar-refractivity contribution in [3.63, 3.8) is 0 Å². The summed E-state index contributed by atoms with van der Waals surface area (Å²) in [4.78, 5) is 19.9. The van der Waals surface area contributed by atoms with Crippen molar-refractivity contribution in [2.24, 2.45) is 0 Å². The van der Waals surface area contributed by atoms with Crippen LogP contribution in [0.15, 0.2) is 54.6 Å². The van der Waals surface area contributed by atoms with Gasteiger partial charge in [0.05, 0.1) is 12.8 Å². The van der Waals surface area contributed by atoms with Crippen molar-refractivity contribution in [2.45, 2.75) is 6.92 Å². The molecular formula is C21H23N3O2S. The zero-order valence-corrected chi connectivity index (χ0v) is 16.5. The Hall–Kier alpha value is -2.86. The Labute approximate surface area is 163 Å². The molecule has 0 atom stereocenters. The Morgan fingerprint density at radius 3 is 2.52 bits per heavy atom. The van der Waals surface area contributed by atoms with Gasteiger partial charge < -0.3 is 15.0 Å². The average molecular weight is 382 g/mol. The molecular weight excluding hydrogens is 358 g/mol. The van der Waals surface area contributed by atoms with E-state index in [0.717, 1.165) is 34.2 Å². The standard InChI is InChI=1S/C21H23N3O2S/c1-15-19(27-21(23-15)16-9-11-18(26-3)12-10-16)20(25)22-13-14-24(2)17-7-5-4-6-8-17/h4-12H,13-14H2,1-3H3,(H,22,25). The number of para-hydroxylation sites is 1. The normalized spacial score (nSPS) is 10.5. The minimum absolute atomic E-state index is 0.0776. The predicted molar refractivity (Wildman–Crippen MR) is 111 cm³/mol. The molecule has 1 aromatic heterocycles. The second kappa shape index (κ2) is 8.68. The van der Waals surface area contributed by atoms with Crippen LogP contribution in [0.1, 0.15) is 15.4 Å². The Bertz CT molecular complexity index is 892. The van der Waals surface area contributed by atoms with Gasteiger partial charge in [0.1, 0.15) is 15.6 Å². The van der Waals surface area contributed by atoms with Gasteiger partial charge >= 0.3 is 0 Å². The molecule has 0 unspecified atom stereocenters. The van der Waals surface area contributed by atoms with E-state index in [1.807, 2.05) is 56.4 Å². The number of ether oxygens (including phenoxy) is 1. The zero-order valence-electron chi connectivity index (χ0n) is 15.7. The summed E-state index contributed by atoms with van der Waals surface area (Å²) in [6.45, 7) is 3.17. The fourth-order valence-corrected chi connectivity index (χ4v) is 3.68. The van der Waals surface area contributed by atoms with Crippen molar-refractivity contribution in [3.05, 3.63) is 65.2 Å². The van der Waals surface area contributed by atoms with Gasteiger partial charge in [-0.3, -0.25) is 4.79 Å². The summed E-state index contributed by atoms with van der Waals surface area (Å²) >= 11 is 1.41. The molecule has 6 heteroatoms. The molecule has 0 radical (unpaired) electrons. The predicted octanol–water partition coefficient (Wildman–Crippen LogP) is 3.99. The van der Waals surface area contributed by atoms with Crippen LogP contribution in [0.2, 0.25) is 0 Å². The molecule has 0 saturated carbocycles. The van der Waals surface area contributed by atoms with Gasteiger partial charge in [0, 0.05) is 31.4 Å². The molecule has 0 spiro atoms. The van der Waals surface area contributed by atoms with Gasteiger partial charge in [-0.05, 0) is 43.3 Å². The molecule has 3 rings (SSSR count). The van der Waals surface area contributed by atoms with Crippen LogP contribution >= 0.6 is 11.3 Å². The number of aryl methyl sites for hydroxylation is 1. The molecule has 27 heavy (non-hydrogen) atoms. The quantitative estimate of drug-likeness (QED) is 0.672. The number of hydrogen-bond donors (Lipinski definition) is 1. The third kappa shape index (κ3) is 4.65. The number of carbonyl (C=O) groups is 1. The number of aromatic nitrogens is 1. The van der Waals surface area contributed by atoms with E-state index in [4.69, 9.17) is 4.74 Å². The highest BCUT2D eigenvalue weighted by molar-refractivity contribution is 7.17. The first-order chi connectivity index (χ1) is 13.1. The molecule has 3 aromatic rings. The molecule has 0 saturated heterocycles. The fourth-order valence-electron chi connectivity index (χ4n) is 2.69. The monoisotopic (exact) mass is 381 g/mol. The van der Waals surface area contributed by atoms with E-state index >= 15 is 0 Å². The highest BCUT2D eigenvalue weighted by atomic mass is 32.1. The number of methoxy groups -OCH3 is 1. The van der Waals surface area contributed by atoms with Crippen molar-refractivity contribution in [1.82, 2.24) is 10.3 Å². The van der Waals surface area contributed by atoms with Crippen LogP contribution in [0, 0.1) is 6.92 Å². The maximum absolute atomic E-state index is 12.5. The summed E-state index contributed by atoms with van der Waals surface area (Å²) in [6, 6.07) is 17.8. The molecule has 2 aromatic carbocycles. The molecule has 0 aliphatic rings. The van der Waals surface area contributed by atoms with Gasteiger partial charge in [0.25, 0.3) is 5.91 Å². The van der Waals surface area contributed by atoms with Gasteiger partial charge in [-0.25, -0.2) is 4.98 Å². The summed E-state index contributed by atoms with van der Waals surface area (Å²) < 4.78 is 5.18. The Balaban J connectivity index is 1.60. The molecule has 0 fully saturated rings. The maximum atomic E-state index is 12.5. The molecule has 140 valence electrons. The second-order valence-electron chi connectivity index (χ2n) is 6.18. The van der Waals surface area contributed by atoms with Crippen LogP contribution in [-0.2, 0) is 0 Å². The number of rotatable bonds is 7. The molecule has 0 aliphatic carbocycles. The Kier molecular flexibility index (Phi) is 6.08. The highest BCUT2D eigenvalue weighted by Gasteiger charge is 2.16. The first-order valence-corrected chi connectivity index (χ1v) is 9.56. The van der Waals surface area contributed by atoms with Crippen LogP contribution in [0.5, 0.6) is 5.75 Å². The first-order valence-electron chi connectivity index (χ1n) is 8.74. The number of benzene rings is 2. The molecule has 5 nitrogen and oxygen atoms in total. The lowest BCUT2D eigenvalue weighted by atomic mass is 10.2. The van der Waals surface area contributed by atoms with Gasteiger partial charge in [0.15, 0.2) is 0 Å². The summed E-state index contributed by atoms with van der Waals surface area (Å²) in [7, 11) is 3.65. The molecule has 1 N–H and O–H groups in total. The number of nitrogens with one attached hydrogen (secondary N) is 1. The lowest BCUT2D eigenvalue weighted by Gasteiger charge is -2.19.